The molecule has 192 valence electrons. The number of rotatable bonds is 7. The second kappa shape index (κ2) is 8.70. The fraction of sp³-hybridized carbons (Fsp3) is 0.778. The summed E-state index contributed by atoms with van der Waals surface area (Å²) in [5, 5.41) is -5.87. The molecule has 2 aliphatic carbocycles. The molecule has 2 saturated carbocycles. The van der Waals surface area contributed by atoms with Crippen molar-refractivity contribution in [2.75, 3.05) is 6.54 Å². The van der Waals surface area contributed by atoms with E-state index >= 15 is 0 Å². The molecule has 0 spiro atoms. The third-order valence-corrected chi connectivity index (χ3v) is 7.35. The minimum absolute atomic E-state index is 0.121. The Balaban J connectivity index is 1.54. The van der Waals surface area contributed by atoms with Gasteiger partial charge in [-0.3, -0.25) is 28.6 Å². The van der Waals surface area contributed by atoms with E-state index in [2.05, 4.69) is 4.74 Å². The van der Waals surface area contributed by atoms with Crippen LogP contribution in [0.25, 0.3) is 0 Å². The molecule has 0 radical (unpaired) electrons. The van der Waals surface area contributed by atoms with Crippen LogP contribution in [-0.4, -0.2) is 71.8 Å². The average molecular weight is 521 g/mol. The van der Waals surface area contributed by atoms with Crippen LogP contribution in [0.2, 0.25) is 0 Å². The first-order valence-electron chi connectivity index (χ1n) is 10.1. The molecule has 0 aromatic rings. The van der Waals surface area contributed by atoms with E-state index in [9.17, 15) is 49.5 Å². The maximum absolute atomic E-state index is 13.4. The molecule has 3 rings (SSSR count). The van der Waals surface area contributed by atoms with E-state index in [0.717, 1.165) is 4.90 Å². The van der Waals surface area contributed by atoms with Crippen LogP contribution in [0.15, 0.2) is 0 Å². The molecule has 3 aliphatic rings. The lowest BCUT2D eigenvalue weighted by molar-refractivity contribution is -0.259. The number of nitrogens with zero attached hydrogens (tertiary/aromatic N) is 1. The van der Waals surface area contributed by atoms with Crippen LogP contribution in [0.3, 0.4) is 0 Å². The number of imide groups is 1. The first kappa shape index (κ1) is 26.2. The normalized spacial score (nSPS) is 29.7. The van der Waals surface area contributed by atoms with Gasteiger partial charge in [0.05, 0.1) is 12.8 Å². The second-order valence-electron chi connectivity index (χ2n) is 8.53. The number of alkyl halides is 5. The van der Waals surface area contributed by atoms with Crippen LogP contribution in [-0.2, 0) is 38.8 Å². The molecule has 2 bridgehead atoms. The highest BCUT2D eigenvalue weighted by Gasteiger charge is 2.66. The largest absolute Gasteiger partial charge is 0.462 e. The van der Waals surface area contributed by atoms with Gasteiger partial charge in [-0.1, -0.05) is 0 Å². The van der Waals surface area contributed by atoms with Gasteiger partial charge < -0.3 is 9.47 Å². The molecule has 34 heavy (non-hydrogen) atoms. The Labute approximate surface area is 189 Å². The van der Waals surface area contributed by atoms with Gasteiger partial charge in [0.2, 0.25) is 11.8 Å². The zero-order valence-electron chi connectivity index (χ0n) is 17.5. The predicted octanol–water partition coefficient (Wildman–Crippen LogP) is 1.29. The summed E-state index contributed by atoms with van der Waals surface area (Å²) in [6, 6.07) is 0. The molecule has 0 aromatic carbocycles. The van der Waals surface area contributed by atoms with Crippen LogP contribution in [0.5, 0.6) is 0 Å². The minimum atomic E-state index is -6.57. The fourth-order valence-electron chi connectivity index (χ4n) is 5.05. The molecule has 2 amide bonds. The minimum Gasteiger partial charge on any atom is -0.462 e. The van der Waals surface area contributed by atoms with Gasteiger partial charge in [-0.2, -0.15) is 30.4 Å². The Hall–Kier alpha value is -2.36. The average Bonchev–Trinajstić information content (AvgIpc) is 3.33. The number of amides is 2. The van der Waals surface area contributed by atoms with Crippen LogP contribution >= 0.6 is 0 Å². The Morgan fingerprint density at radius 1 is 1.09 bits per heavy atom. The van der Waals surface area contributed by atoms with Crippen LogP contribution in [0, 0.1) is 23.7 Å². The smallest absolute Gasteiger partial charge is 0.432 e. The van der Waals surface area contributed by atoms with E-state index in [4.69, 9.17) is 9.29 Å². The molecule has 10 nitrogen and oxygen atoms in total. The Morgan fingerprint density at radius 2 is 1.68 bits per heavy atom. The quantitative estimate of drug-likeness (QED) is 0.298. The lowest BCUT2D eigenvalue weighted by atomic mass is 9.80. The van der Waals surface area contributed by atoms with Gasteiger partial charge in [0.1, 0.15) is 6.10 Å². The molecular formula is C18H20F5NO9S. The first-order chi connectivity index (χ1) is 15.4. The third kappa shape index (κ3) is 4.74. The van der Waals surface area contributed by atoms with E-state index in [1.54, 1.807) is 0 Å². The number of carbonyl (C=O) groups is 4. The van der Waals surface area contributed by atoms with Crippen LogP contribution in [0.4, 0.5) is 22.0 Å². The van der Waals surface area contributed by atoms with Gasteiger partial charge >= 0.3 is 33.5 Å². The van der Waals surface area contributed by atoms with Crippen molar-refractivity contribution in [3.8, 4) is 0 Å². The van der Waals surface area contributed by atoms with Crippen molar-refractivity contribution in [1.29, 1.82) is 0 Å². The Morgan fingerprint density at radius 3 is 2.21 bits per heavy atom. The summed E-state index contributed by atoms with van der Waals surface area (Å²) in [4.78, 5) is 48.8. The molecule has 1 N–H and O–H groups in total. The lowest BCUT2D eigenvalue weighted by Gasteiger charge is -2.29. The molecule has 1 heterocycles. The van der Waals surface area contributed by atoms with Crippen molar-refractivity contribution in [3.63, 3.8) is 0 Å². The number of fused-ring (bicyclic) bond motifs is 5. The maximum Gasteiger partial charge on any atom is 0.432 e. The van der Waals surface area contributed by atoms with E-state index < -0.39 is 64.4 Å². The van der Waals surface area contributed by atoms with Gasteiger partial charge in [0, 0.05) is 25.3 Å². The number of carbonyl (C=O) groups excluding carboxylic acids is 4. The highest BCUT2D eigenvalue weighted by molar-refractivity contribution is 7.86. The van der Waals surface area contributed by atoms with E-state index in [1.807, 2.05) is 0 Å². The summed E-state index contributed by atoms with van der Waals surface area (Å²) < 4.78 is 104. The molecular weight excluding hydrogens is 501 g/mol. The van der Waals surface area contributed by atoms with E-state index in [1.165, 1.54) is 6.92 Å². The van der Waals surface area contributed by atoms with Crippen molar-refractivity contribution in [1.82, 2.24) is 4.90 Å². The monoisotopic (exact) mass is 521 g/mol. The zero-order valence-corrected chi connectivity index (χ0v) is 18.3. The van der Waals surface area contributed by atoms with Crippen LogP contribution in [0.1, 0.15) is 32.6 Å². The van der Waals surface area contributed by atoms with Gasteiger partial charge in [-0.15, -0.1) is 0 Å². The van der Waals surface area contributed by atoms with Crippen LogP contribution < -0.4 is 0 Å². The van der Waals surface area contributed by atoms with Crippen molar-refractivity contribution in [3.05, 3.63) is 0 Å². The van der Waals surface area contributed by atoms with Gasteiger partial charge in [0.15, 0.2) is 0 Å². The zero-order chi connectivity index (χ0) is 25.8. The molecule has 16 heteroatoms. The van der Waals surface area contributed by atoms with Crippen molar-refractivity contribution in [2.45, 2.75) is 56.2 Å². The van der Waals surface area contributed by atoms with Gasteiger partial charge in [-0.25, -0.2) is 0 Å². The highest BCUT2D eigenvalue weighted by Crippen LogP contribution is 2.56. The van der Waals surface area contributed by atoms with Crippen molar-refractivity contribution < 1.29 is 63.6 Å². The molecule has 1 saturated heterocycles. The topological polar surface area (TPSA) is 144 Å². The third-order valence-electron chi connectivity index (χ3n) is 6.44. The summed E-state index contributed by atoms with van der Waals surface area (Å²) >= 11 is 0. The maximum atomic E-state index is 13.4. The molecule has 1 aliphatic heterocycles. The summed E-state index contributed by atoms with van der Waals surface area (Å²) in [6.07, 6.45) is -12.3. The SMILES string of the molecule is CC(=O)N1CC2C3CC(CC3OC(=O)CCC(=O)OC(C(F)(F)F)C(F)(F)S(=O)(=O)O)C2C1=O. The summed E-state index contributed by atoms with van der Waals surface area (Å²) in [6.45, 7) is 1.44. The number of likely N-dealkylation sites (tertiary alicyclic amines) is 1. The molecule has 6 unspecified atom stereocenters. The second-order valence-corrected chi connectivity index (χ2v) is 10.0. The van der Waals surface area contributed by atoms with E-state index in [0.29, 0.717) is 12.8 Å². The summed E-state index contributed by atoms with van der Waals surface area (Å²) in [7, 11) is -6.57. The fourth-order valence-corrected chi connectivity index (χ4v) is 5.50. The Kier molecular flexibility index (Phi) is 6.71. The van der Waals surface area contributed by atoms with Crippen molar-refractivity contribution >= 4 is 33.9 Å². The number of ether oxygens (including phenoxy) is 2. The Bertz CT molecular complexity index is 998. The number of hydrogen-bond donors (Lipinski definition) is 1. The standard InChI is InChI=1S/C18H20F5NO9S/c1-7(25)24-6-10-9-4-8(14(10)15(24)28)5-11(9)32-12(26)2-3-13(27)33-16(17(19,20)21)18(22,23)34(29,30)31/h8-11,14,16H,2-6H2,1H3,(H,29,30,31). The molecule has 3 fully saturated rings. The predicted molar refractivity (Wildman–Crippen MR) is 97.1 cm³/mol. The van der Waals surface area contributed by atoms with E-state index in [-0.39, 0.29) is 36.1 Å². The van der Waals surface area contributed by atoms with Crippen molar-refractivity contribution in [2.24, 2.45) is 23.7 Å². The first-order valence-corrected chi connectivity index (χ1v) is 11.5. The number of esters is 2. The number of halogens is 5. The lowest BCUT2D eigenvalue weighted by Crippen LogP contribution is -2.52. The van der Waals surface area contributed by atoms with Gasteiger partial charge in [-0.05, 0) is 24.7 Å². The summed E-state index contributed by atoms with van der Waals surface area (Å²) in [5.41, 5.74) is 0. The molecule has 6 atom stereocenters. The summed E-state index contributed by atoms with van der Waals surface area (Å²) in [5.74, 6) is -4.61. The molecule has 0 aromatic heterocycles. The van der Waals surface area contributed by atoms with Gasteiger partial charge in [0.25, 0.3) is 6.10 Å². The number of hydrogen-bond acceptors (Lipinski definition) is 8. The highest BCUT2D eigenvalue weighted by atomic mass is 32.2.